The summed E-state index contributed by atoms with van der Waals surface area (Å²) in [4.78, 5) is 1.37. The molecule has 0 spiro atoms. The summed E-state index contributed by atoms with van der Waals surface area (Å²) in [6, 6.07) is 7.15. The van der Waals surface area contributed by atoms with Gasteiger partial charge in [0.1, 0.15) is 0 Å². The molecule has 0 aromatic carbocycles. The van der Waals surface area contributed by atoms with Crippen molar-refractivity contribution < 1.29 is 0 Å². The number of thiophene rings is 1. The zero-order valence-corrected chi connectivity index (χ0v) is 11.4. The van der Waals surface area contributed by atoms with Gasteiger partial charge in [-0.15, -0.1) is 11.3 Å². The number of rotatable bonds is 5. The first-order chi connectivity index (χ1) is 8.16. The number of nitrogens with one attached hydrogen (secondary N) is 1. The van der Waals surface area contributed by atoms with Crippen LogP contribution in [0.25, 0.3) is 0 Å². The standard InChI is InChI=1S/C13H19N3S/c1-10(2)16-7-6-12(15-16)9-14-11(3)13-5-4-8-17-13/h4-8,10-11,14H,9H2,1-3H3/t11-/m1/s1. The SMILES string of the molecule is CC(C)n1ccc(CN[C@H](C)c2cccs2)n1. The Morgan fingerprint density at radius 3 is 2.76 bits per heavy atom. The minimum absolute atomic E-state index is 0.388. The second-order valence-corrected chi connectivity index (χ2v) is 5.48. The van der Waals surface area contributed by atoms with Crippen LogP contribution in [-0.4, -0.2) is 9.78 Å². The predicted octanol–water partition coefficient (Wildman–Crippen LogP) is 3.38. The molecule has 2 aromatic heterocycles. The first-order valence-electron chi connectivity index (χ1n) is 5.97. The van der Waals surface area contributed by atoms with E-state index >= 15 is 0 Å². The van der Waals surface area contributed by atoms with E-state index in [-0.39, 0.29) is 0 Å². The first kappa shape index (κ1) is 12.3. The van der Waals surface area contributed by atoms with Crippen LogP contribution >= 0.6 is 11.3 Å². The van der Waals surface area contributed by atoms with Crippen LogP contribution in [0.2, 0.25) is 0 Å². The number of aromatic nitrogens is 2. The van der Waals surface area contributed by atoms with E-state index in [4.69, 9.17) is 0 Å². The molecule has 4 heteroatoms. The van der Waals surface area contributed by atoms with Gasteiger partial charge in [-0.05, 0) is 38.3 Å². The van der Waals surface area contributed by atoms with Crippen molar-refractivity contribution in [2.75, 3.05) is 0 Å². The normalized spacial score (nSPS) is 13.2. The third kappa shape index (κ3) is 3.17. The van der Waals surface area contributed by atoms with Crippen molar-refractivity contribution >= 4 is 11.3 Å². The second-order valence-electron chi connectivity index (χ2n) is 4.50. The lowest BCUT2D eigenvalue weighted by Gasteiger charge is -2.10. The van der Waals surface area contributed by atoms with Gasteiger partial charge in [0.05, 0.1) is 5.69 Å². The summed E-state index contributed by atoms with van der Waals surface area (Å²) >= 11 is 1.79. The van der Waals surface area contributed by atoms with Crippen molar-refractivity contribution in [3.05, 3.63) is 40.3 Å². The molecular weight excluding hydrogens is 230 g/mol. The van der Waals surface area contributed by atoms with Gasteiger partial charge in [-0.2, -0.15) is 5.10 Å². The van der Waals surface area contributed by atoms with Gasteiger partial charge in [0.2, 0.25) is 0 Å². The zero-order valence-electron chi connectivity index (χ0n) is 10.6. The largest absolute Gasteiger partial charge is 0.304 e. The minimum Gasteiger partial charge on any atom is -0.304 e. The molecule has 0 aliphatic rings. The average Bonchev–Trinajstić information content (AvgIpc) is 2.97. The maximum Gasteiger partial charge on any atom is 0.0762 e. The van der Waals surface area contributed by atoms with Gasteiger partial charge in [0.25, 0.3) is 0 Å². The Balaban J connectivity index is 1.89. The van der Waals surface area contributed by atoms with Gasteiger partial charge >= 0.3 is 0 Å². The zero-order chi connectivity index (χ0) is 12.3. The molecule has 0 unspecified atom stereocenters. The first-order valence-corrected chi connectivity index (χ1v) is 6.85. The lowest BCUT2D eigenvalue weighted by molar-refractivity contribution is 0.513. The highest BCUT2D eigenvalue weighted by atomic mass is 32.1. The summed E-state index contributed by atoms with van der Waals surface area (Å²) in [5.41, 5.74) is 1.10. The lowest BCUT2D eigenvalue weighted by atomic mass is 10.2. The maximum absolute atomic E-state index is 4.52. The Labute approximate surface area is 106 Å². The van der Waals surface area contributed by atoms with Gasteiger partial charge in [-0.1, -0.05) is 6.07 Å². The van der Waals surface area contributed by atoms with E-state index in [1.54, 1.807) is 11.3 Å². The molecular formula is C13H19N3S. The third-order valence-corrected chi connectivity index (χ3v) is 3.81. The average molecular weight is 249 g/mol. The topological polar surface area (TPSA) is 29.9 Å². The van der Waals surface area contributed by atoms with E-state index in [2.05, 4.69) is 54.8 Å². The summed E-state index contributed by atoms with van der Waals surface area (Å²) in [6.07, 6.45) is 2.04. The smallest absolute Gasteiger partial charge is 0.0762 e. The van der Waals surface area contributed by atoms with Gasteiger partial charge in [0.15, 0.2) is 0 Å². The van der Waals surface area contributed by atoms with Gasteiger partial charge in [0, 0.05) is 29.7 Å². The molecule has 3 nitrogen and oxygen atoms in total. The fraction of sp³-hybridized carbons (Fsp3) is 0.462. The molecule has 0 aliphatic heterocycles. The number of hydrogen-bond donors (Lipinski definition) is 1. The number of hydrogen-bond acceptors (Lipinski definition) is 3. The predicted molar refractivity (Wildman–Crippen MR) is 72.2 cm³/mol. The van der Waals surface area contributed by atoms with Gasteiger partial charge < -0.3 is 5.32 Å². The Morgan fingerprint density at radius 1 is 1.35 bits per heavy atom. The molecule has 2 rings (SSSR count). The van der Waals surface area contributed by atoms with Crippen molar-refractivity contribution in [1.82, 2.24) is 15.1 Å². The van der Waals surface area contributed by atoms with E-state index in [0.717, 1.165) is 12.2 Å². The molecule has 2 aromatic rings. The molecule has 1 atom stereocenters. The molecule has 17 heavy (non-hydrogen) atoms. The fourth-order valence-electron chi connectivity index (χ4n) is 1.66. The quantitative estimate of drug-likeness (QED) is 0.880. The Bertz CT molecular complexity index is 445. The summed E-state index contributed by atoms with van der Waals surface area (Å²) in [5.74, 6) is 0. The molecule has 0 bridgehead atoms. The van der Waals surface area contributed by atoms with Crippen LogP contribution in [0, 0.1) is 0 Å². The van der Waals surface area contributed by atoms with Crippen LogP contribution < -0.4 is 5.32 Å². The number of nitrogens with zero attached hydrogens (tertiary/aromatic N) is 2. The Kier molecular flexibility index (Phi) is 3.97. The van der Waals surface area contributed by atoms with Crippen molar-refractivity contribution in [3.8, 4) is 0 Å². The summed E-state index contributed by atoms with van der Waals surface area (Å²) in [5, 5.41) is 10.1. The van der Waals surface area contributed by atoms with Crippen LogP contribution in [0.3, 0.4) is 0 Å². The van der Waals surface area contributed by atoms with E-state index in [0.29, 0.717) is 12.1 Å². The Morgan fingerprint density at radius 2 is 2.18 bits per heavy atom. The molecule has 92 valence electrons. The molecule has 1 N–H and O–H groups in total. The molecule has 0 saturated heterocycles. The molecule has 0 amide bonds. The second kappa shape index (κ2) is 5.47. The third-order valence-electron chi connectivity index (χ3n) is 2.75. The van der Waals surface area contributed by atoms with Crippen LogP contribution in [0.5, 0.6) is 0 Å². The van der Waals surface area contributed by atoms with Crippen LogP contribution in [0.15, 0.2) is 29.8 Å². The molecule has 0 radical (unpaired) electrons. The summed E-state index contributed by atoms with van der Waals surface area (Å²) in [7, 11) is 0. The molecule has 0 fully saturated rings. The molecule has 0 saturated carbocycles. The lowest BCUT2D eigenvalue weighted by Crippen LogP contribution is -2.17. The molecule has 0 aliphatic carbocycles. The van der Waals surface area contributed by atoms with Crippen LogP contribution in [0.4, 0.5) is 0 Å². The van der Waals surface area contributed by atoms with E-state index in [1.165, 1.54) is 4.88 Å². The van der Waals surface area contributed by atoms with Gasteiger partial charge in [-0.3, -0.25) is 4.68 Å². The van der Waals surface area contributed by atoms with Gasteiger partial charge in [-0.25, -0.2) is 0 Å². The highest BCUT2D eigenvalue weighted by Gasteiger charge is 2.07. The van der Waals surface area contributed by atoms with Crippen molar-refractivity contribution in [2.24, 2.45) is 0 Å². The van der Waals surface area contributed by atoms with Crippen LogP contribution in [0.1, 0.15) is 43.4 Å². The van der Waals surface area contributed by atoms with E-state index in [9.17, 15) is 0 Å². The highest BCUT2D eigenvalue weighted by molar-refractivity contribution is 7.10. The van der Waals surface area contributed by atoms with Crippen LogP contribution in [-0.2, 0) is 6.54 Å². The maximum atomic E-state index is 4.52. The molecule has 2 heterocycles. The van der Waals surface area contributed by atoms with Crippen molar-refractivity contribution in [1.29, 1.82) is 0 Å². The van der Waals surface area contributed by atoms with E-state index < -0.39 is 0 Å². The summed E-state index contributed by atoms with van der Waals surface area (Å²) < 4.78 is 1.99. The monoisotopic (exact) mass is 249 g/mol. The van der Waals surface area contributed by atoms with Crippen molar-refractivity contribution in [3.63, 3.8) is 0 Å². The summed E-state index contributed by atoms with van der Waals surface area (Å²) in [6.45, 7) is 7.28. The highest BCUT2D eigenvalue weighted by Crippen LogP contribution is 2.18. The fourth-order valence-corrected chi connectivity index (χ4v) is 2.41. The van der Waals surface area contributed by atoms with Crippen molar-refractivity contribution in [2.45, 2.75) is 39.4 Å². The minimum atomic E-state index is 0.388. The van der Waals surface area contributed by atoms with E-state index in [1.807, 2.05) is 10.9 Å². The Hall–Kier alpha value is -1.13.